The number of hydrogen-bond acceptors (Lipinski definition) is 4. The van der Waals surface area contributed by atoms with Crippen LogP contribution in [0.25, 0.3) is 11.3 Å². The van der Waals surface area contributed by atoms with Crippen LogP contribution in [0.15, 0.2) is 48.7 Å². The van der Waals surface area contributed by atoms with E-state index >= 15 is 0 Å². The second-order valence-electron chi connectivity index (χ2n) is 5.60. The van der Waals surface area contributed by atoms with Gasteiger partial charge in [0.15, 0.2) is 0 Å². The molecule has 0 saturated carbocycles. The Labute approximate surface area is 151 Å². The summed E-state index contributed by atoms with van der Waals surface area (Å²) in [4.78, 5) is 0. The van der Waals surface area contributed by atoms with Crippen LogP contribution in [0.4, 0.5) is 5.00 Å². The first-order chi connectivity index (χ1) is 11.7. The molecule has 0 saturated heterocycles. The summed E-state index contributed by atoms with van der Waals surface area (Å²) in [6, 6.07) is 14.6. The molecule has 0 radical (unpaired) electrons. The second kappa shape index (κ2) is 7.83. The van der Waals surface area contributed by atoms with Crippen molar-refractivity contribution in [3.63, 3.8) is 0 Å². The molecule has 0 aliphatic carbocycles. The number of hydrogen-bond donors (Lipinski definition) is 2. The predicted molar refractivity (Wildman–Crippen MR) is 103 cm³/mol. The van der Waals surface area contributed by atoms with Crippen molar-refractivity contribution in [1.29, 1.82) is 0 Å². The Balaban J connectivity index is 1.76. The van der Waals surface area contributed by atoms with Crippen molar-refractivity contribution in [2.45, 2.75) is 25.9 Å². The number of aromatic nitrogens is 2. The minimum absolute atomic E-state index is 0.172. The summed E-state index contributed by atoms with van der Waals surface area (Å²) in [5.74, 6) is 0. The van der Waals surface area contributed by atoms with E-state index in [1.807, 2.05) is 16.8 Å². The number of anilines is 1. The first-order valence-electron chi connectivity index (χ1n) is 8.03. The lowest BCUT2D eigenvalue weighted by Crippen LogP contribution is -2.30. The Morgan fingerprint density at radius 1 is 1.29 bits per heavy atom. The van der Waals surface area contributed by atoms with E-state index in [0.29, 0.717) is 6.54 Å². The van der Waals surface area contributed by atoms with Gasteiger partial charge in [-0.25, -0.2) is 0 Å². The van der Waals surface area contributed by atoms with E-state index in [2.05, 4.69) is 47.7 Å². The quantitative estimate of drug-likeness (QED) is 0.661. The molecule has 1 unspecified atom stereocenters. The first-order valence-corrected chi connectivity index (χ1v) is 9.22. The molecule has 0 fully saturated rings. The lowest BCUT2D eigenvalue weighted by molar-refractivity contribution is 0.667. The summed E-state index contributed by atoms with van der Waals surface area (Å²) in [6.07, 6.45) is 2.69. The fourth-order valence-corrected chi connectivity index (χ4v) is 3.99. The SMILES string of the molecule is CCn1nccc1-c1cc(NC(CN)Cc2ccccc2)sc1Cl. The third kappa shape index (κ3) is 3.80. The Kier molecular flexibility index (Phi) is 5.56. The zero-order valence-corrected chi connectivity index (χ0v) is 15.1. The lowest BCUT2D eigenvalue weighted by atomic mass is 10.1. The van der Waals surface area contributed by atoms with Gasteiger partial charge in [0.1, 0.15) is 4.34 Å². The lowest BCUT2D eigenvalue weighted by Gasteiger charge is -2.16. The molecule has 0 bridgehead atoms. The molecule has 0 aliphatic heterocycles. The topological polar surface area (TPSA) is 55.9 Å². The van der Waals surface area contributed by atoms with Gasteiger partial charge in [-0.15, -0.1) is 11.3 Å². The summed E-state index contributed by atoms with van der Waals surface area (Å²) in [6.45, 7) is 3.45. The number of aryl methyl sites for hydroxylation is 1. The molecule has 3 N–H and O–H groups in total. The van der Waals surface area contributed by atoms with E-state index in [1.165, 1.54) is 5.56 Å². The standard InChI is InChI=1S/C18H21ClN4S/c1-2-23-16(8-9-21-23)15-11-17(24-18(15)19)22-14(12-20)10-13-6-4-3-5-7-13/h3-9,11,14,22H,2,10,12,20H2,1H3. The Bertz CT molecular complexity index is 781. The van der Waals surface area contributed by atoms with Crippen molar-refractivity contribution in [2.24, 2.45) is 5.73 Å². The highest BCUT2D eigenvalue weighted by molar-refractivity contribution is 7.20. The number of benzene rings is 1. The number of halogens is 1. The fraction of sp³-hybridized carbons (Fsp3) is 0.278. The first kappa shape index (κ1) is 17.0. The summed E-state index contributed by atoms with van der Waals surface area (Å²) in [7, 11) is 0. The molecule has 3 aromatic rings. The van der Waals surface area contributed by atoms with Crippen molar-refractivity contribution in [2.75, 3.05) is 11.9 Å². The summed E-state index contributed by atoms with van der Waals surface area (Å²) in [5, 5.41) is 8.87. The number of nitrogens with zero attached hydrogens (tertiary/aromatic N) is 2. The number of rotatable bonds is 7. The van der Waals surface area contributed by atoms with Gasteiger partial charge in [-0.3, -0.25) is 4.68 Å². The monoisotopic (exact) mass is 360 g/mol. The fourth-order valence-electron chi connectivity index (χ4n) is 2.72. The van der Waals surface area contributed by atoms with Gasteiger partial charge in [0.05, 0.1) is 10.7 Å². The molecule has 1 aromatic carbocycles. The normalized spacial score (nSPS) is 12.3. The van der Waals surface area contributed by atoms with E-state index < -0.39 is 0 Å². The van der Waals surface area contributed by atoms with Gasteiger partial charge in [-0.2, -0.15) is 5.10 Å². The molecule has 0 spiro atoms. The summed E-state index contributed by atoms with van der Waals surface area (Å²) in [5.41, 5.74) is 9.27. The van der Waals surface area contributed by atoms with Crippen LogP contribution in [0.3, 0.4) is 0 Å². The maximum atomic E-state index is 6.46. The van der Waals surface area contributed by atoms with E-state index in [9.17, 15) is 0 Å². The van der Waals surface area contributed by atoms with Crippen LogP contribution in [0.5, 0.6) is 0 Å². The van der Waals surface area contributed by atoms with Crippen LogP contribution in [0.2, 0.25) is 4.34 Å². The van der Waals surface area contributed by atoms with Crippen LogP contribution >= 0.6 is 22.9 Å². The molecule has 24 heavy (non-hydrogen) atoms. The molecule has 4 nitrogen and oxygen atoms in total. The molecule has 0 aliphatic rings. The van der Waals surface area contributed by atoms with Crippen molar-refractivity contribution in [3.8, 4) is 11.3 Å². The molecule has 126 valence electrons. The van der Waals surface area contributed by atoms with Crippen molar-refractivity contribution in [3.05, 3.63) is 58.6 Å². The average Bonchev–Trinajstić information content (AvgIpc) is 3.21. The minimum Gasteiger partial charge on any atom is -0.373 e. The van der Waals surface area contributed by atoms with Gasteiger partial charge in [-0.05, 0) is 31.0 Å². The van der Waals surface area contributed by atoms with Gasteiger partial charge >= 0.3 is 0 Å². The molecule has 2 heterocycles. The van der Waals surface area contributed by atoms with Crippen molar-refractivity contribution in [1.82, 2.24) is 9.78 Å². The molecule has 2 aromatic heterocycles. The highest BCUT2D eigenvalue weighted by Crippen LogP contribution is 2.38. The third-order valence-corrected chi connectivity index (χ3v) is 5.22. The van der Waals surface area contributed by atoms with Gasteiger partial charge in [0.25, 0.3) is 0 Å². The molecular formula is C18H21ClN4S. The zero-order valence-electron chi connectivity index (χ0n) is 13.6. The maximum absolute atomic E-state index is 6.46. The minimum atomic E-state index is 0.172. The van der Waals surface area contributed by atoms with Crippen LogP contribution in [-0.2, 0) is 13.0 Å². The van der Waals surface area contributed by atoms with Gasteiger partial charge in [-0.1, -0.05) is 41.9 Å². The molecular weight excluding hydrogens is 340 g/mol. The van der Waals surface area contributed by atoms with E-state index in [-0.39, 0.29) is 6.04 Å². The third-order valence-electron chi connectivity index (χ3n) is 3.93. The highest BCUT2D eigenvalue weighted by Gasteiger charge is 2.15. The Morgan fingerprint density at radius 3 is 2.79 bits per heavy atom. The van der Waals surface area contributed by atoms with E-state index in [1.54, 1.807) is 17.5 Å². The zero-order chi connectivity index (χ0) is 16.9. The van der Waals surface area contributed by atoms with Crippen LogP contribution in [0, 0.1) is 0 Å². The number of nitrogens with two attached hydrogens (primary N) is 1. The largest absolute Gasteiger partial charge is 0.373 e. The van der Waals surface area contributed by atoms with Crippen LogP contribution in [-0.4, -0.2) is 22.4 Å². The summed E-state index contributed by atoms with van der Waals surface area (Å²) < 4.78 is 2.71. The Hall–Kier alpha value is -1.82. The van der Waals surface area contributed by atoms with E-state index in [0.717, 1.165) is 33.6 Å². The molecule has 1 atom stereocenters. The predicted octanol–water partition coefficient (Wildman–Crippen LogP) is 4.27. The number of thiophene rings is 1. The number of nitrogens with one attached hydrogen (secondary N) is 1. The smallest absolute Gasteiger partial charge is 0.104 e. The average molecular weight is 361 g/mol. The second-order valence-corrected chi connectivity index (χ2v) is 7.25. The van der Waals surface area contributed by atoms with Gasteiger partial charge < -0.3 is 11.1 Å². The van der Waals surface area contributed by atoms with E-state index in [4.69, 9.17) is 17.3 Å². The molecule has 3 rings (SSSR count). The van der Waals surface area contributed by atoms with Crippen LogP contribution < -0.4 is 11.1 Å². The van der Waals surface area contributed by atoms with Crippen LogP contribution in [0.1, 0.15) is 12.5 Å². The Morgan fingerprint density at radius 2 is 2.08 bits per heavy atom. The van der Waals surface area contributed by atoms with Crippen molar-refractivity contribution >= 4 is 27.9 Å². The van der Waals surface area contributed by atoms with Gasteiger partial charge in [0.2, 0.25) is 0 Å². The van der Waals surface area contributed by atoms with Crippen molar-refractivity contribution < 1.29 is 0 Å². The molecule has 6 heteroatoms. The van der Waals surface area contributed by atoms with Gasteiger partial charge in [0, 0.05) is 30.9 Å². The molecule has 0 amide bonds. The highest BCUT2D eigenvalue weighted by atomic mass is 35.5. The summed E-state index contributed by atoms with van der Waals surface area (Å²) >= 11 is 8.00. The maximum Gasteiger partial charge on any atom is 0.104 e.